The third-order valence-corrected chi connectivity index (χ3v) is 4.23. The van der Waals surface area contributed by atoms with Gasteiger partial charge in [0.15, 0.2) is 5.69 Å². The minimum atomic E-state index is -0.989. The topological polar surface area (TPSA) is 92.4 Å². The summed E-state index contributed by atoms with van der Waals surface area (Å²) in [6, 6.07) is 8.16. The summed E-state index contributed by atoms with van der Waals surface area (Å²) in [5.74, 6) is -0.342. The lowest BCUT2D eigenvalue weighted by molar-refractivity contribution is -0.137. The number of halogens is 1. The van der Waals surface area contributed by atoms with Crippen LogP contribution < -0.4 is 5.32 Å². The average molecular weight is 379 g/mol. The number of nitrogens with zero attached hydrogens (tertiary/aromatic N) is 1. The van der Waals surface area contributed by atoms with Gasteiger partial charge in [0.2, 0.25) is 0 Å². The summed E-state index contributed by atoms with van der Waals surface area (Å²) in [4.78, 5) is 23.4. The number of amides is 1. The molecule has 1 aromatic carbocycles. The van der Waals surface area contributed by atoms with Crippen LogP contribution in [0.25, 0.3) is 0 Å². The Bertz CT molecular complexity index is 722. The Hall–Kier alpha value is -2.15. The molecule has 1 amide bonds. The number of nitrogens with one attached hydrogen (secondary N) is 1. The molecule has 1 atom stereocenters. The normalized spacial score (nSPS) is 15.2. The van der Waals surface area contributed by atoms with Gasteiger partial charge in [-0.25, -0.2) is 0 Å². The number of carboxylic acids is 1. The number of carboxylic acid groups (broad SMARTS) is 1. The van der Waals surface area contributed by atoms with Crippen LogP contribution in [0.5, 0.6) is 0 Å². The number of benzene rings is 1. The molecule has 1 saturated carbocycles. The second-order valence-electron chi connectivity index (χ2n) is 5.56. The Morgan fingerprint density at radius 2 is 2.04 bits per heavy atom. The van der Waals surface area contributed by atoms with Gasteiger partial charge in [0.25, 0.3) is 5.91 Å². The van der Waals surface area contributed by atoms with Crippen LogP contribution in [-0.2, 0) is 4.79 Å². The van der Waals surface area contributed by atoms with Gasteiger partial charge in [0.1, 0.15) is 5.76 Å². The van der Waals surface area contributed by atoms with Crippen molar-refractivity contribution in [2.24, 2.45) is 0 Å². The Labute approximate surface area is 141 Å². The first-order chi connectivity index (χ1) is 11.0. The Balaban J connectivity index is 1.74. The molecule has 3 rings (SSSR count). The Kier molecular flexibility index (Phi) is 4.47. The van der Waals surface area contributed by atoms with Gasteiger partial charge in [-0.3, -0.25) is 9.59 Å². The third-order valence-electron chi connectivity index (χ3n) is 3.70. The summed E-state index contributed by atoms with van der Waals surface area (Å²) >= 11 is 3.33. The minimum Gasteiger partial charge on any atom is -0.481 e. The van der Waals surface area contributed by atoms with E-state index in [1.54, 1.807) is 30.3 Å². The van der Waals surface area contributed by atoms with E-state index in [2.05, 4.69) is 26.4 Å². The van der Waals surface area contributed by atoms with Crippen molar-refractivity contribution >= 4 is 27.8 Å². The van der Waals surface area contributed by atoms with Crippen LogP contribution in [0.4, 0.5) is 0 Å². The first-order valence-electron chi connectivity index (χ1n) is 7.27. The highest BCUT2D eigenvalue weighted by Crippen LogP contribution is 2.40. The van der Waals surface area contributed by atoms with E-state index in [9.17, 15) is 9.59 Å². The van der Waals surface area contributed by atoms with Gasteiger partial charge < -0.3 is 14.9 Å². The van der Waals surface area contributed by atoms with Gasteiger partial charge in [0, 0.05) is 16.5 Å². The van der Waals surface area contributed by atoms with Gasteiger partial charge in [-0.2, -0.15) is 0 Å². The van der Waals surface area contributed by atoms with Gasteiger partial charge in [-0.1, -0.05) is 33.2 Å². The van der Waals surface area contributed by atoms with Crippen molar-refractivity contribution in [3.63, 3.8) is 0 Å². The highest BCUT2D eigenvalue weighted by Gasteiger charge is 2.29. The average Bonchev–Trinajstić information content (AvgIpc) is 3.24. The van der Waals surface area contributed by atoms with E-state index in [1.165, 1.54) is 0 Å². The molecule has 23 heavy (non-hydrogen) atoms. The second kappa shape index (κ2) is 6.54. The lowest BCUT2D eigenvalue weighted by Crippen LogP contribution is -2.30. The summed E-state index contributed by atoms with van der Waals surface area (Å²) in [5.41, 5.74) is 0.897. The number of hydrogen-bond donors (Lipinski definition) is 2. The molecule has 1 aromatic heterocycles. The zero-order chi connectivity index (χ0) is 16.4. The molecule has 0 radical (unpaired) electrons. The summed E-state index contributed by atoms with van der Waals surface area (Å²) in [5, 5.41) is 15.6. The molecule has 6 nitrogen and oxygen atoms in total. The maximum atomic E-state index is 12.3. The van der Waals surface area contributed by atoms with Crippen LogP contribution >= 0.6 is 15.9 Å². The molecular formula is C16H15BrN2O4. The molecule has 7 heteroatoms. The van der Waals surface area contributed by atoms with Gasteiger partial charge in [0.05, 0.1) is 12.5 Å². The van der Waals surface area contributed by atoms with Crippen LogP contribution in [0.1, 0.15) is 53.0 Å². The highest BCUT2D eigenvalue weighted by atomic mass is 79.9. The summed E-state index contributed by atoms with van der Waals surface area (Å²) < 4.78 is 6.04. The molecule has 0 bridgehead atoms. The number of rotatable bonds is 6. The van der Waals surface area contributed by atoms with E-state index in [4.69, 9.17) is 9.63 Å². The van der Waals surface area contributed by atoms with E-state index in [-0.39, 0.29) is 12.1 Å². The third kappa shape index (κ3) is 3.98. The molecule has 1 heterocycles. The highest BCUT2D eigenvalue weighted by molar-refractivity contribution is 9.10. The van der Waals surface area contributed by atoms with Crippen molar-refractivity contribution in [2.75, 3.05) is 0 Å². The maximum Gasteiger partial charge on any atom is 0.305 e. The molecule has 1 fully saturated rings. The van der Waals surface area contributed by atoms with E-state index in [1.807, 2.05) is 0 Å². The number of aromatic nitrogens is 1. The molecule has 2 N–H and O–H groups in total. The lowest BCUT2D eigenvalue weighted by Gasteiger charge is -2.16. The van der Waals surface area contributed by atoms with Crippen LogP contribution in [0.2, 0.25) is 0 Å². The molecule has 0 spiro atoms. The quantitative estimate of drug-likeness (QED) is 0.804. The van der Waals surface area contributed by atoms with Crippen LogP contribution in [0.15, 0.2) is 39.3 Å². The molecule has 1 aliphatic carbocycles. The molecular weight excluding hydrogens is 364 g/mol. The van der Waals surface area contributed by atoms with Gasteiger partial charge in [-0.05, 0) is 30.5 Å². The minimum absolute atomic E-state index is 0.180. The van der Waals surface area contributed by atoms with E-state index in [0.29, 0.717) is 11.7 Å². The fraction of sp³-hybridized carbons (Fsp3) is 0.312. The number of carbonyl (C=O) groups excluding carboxylic acids is 1. The van der Waals surface area contributed by atoms with E-state index in [0.717, 1.165) is 22.9 Å². The van der Waals surface area contributed by atoms with Crippen LogP contribution in [0.3, 0.4) is 0 Å². The van der Waals surface area contributed by atoms with Crippen LogP contribution in [0, 0.1) is 0 Å². The van der Waals surface area contributed by atoms with Crippen molar-refractivity contribution in [1.29, 1.82) is 0 Å². The van der Waals surface area contributed by atoms with Gasteiger partial charge in [-0.15, -0.1) is 0 Å². The second-order valence-corrected chi connectivity index (χ2v) is 6.48. The fourth-order valence-electron chi connectivity index (χ4n) is 2.31. The van der Waals surface area contributed by atoms with E-state index < -0.39 is 17.9 Å². The number of aliphatic carboxylic acids is 1. The van der Waals surface area contributed by atoms with Crippen molar-refractivity contribution in [2.45, 2.75) is 31.2 Å². The Morgan fingerprint density at radius 1 is 1.35 bits per heavy atom. The fourth-order valence-corrected chi connectivity index (χ4v) is 2.58. The molecule has 0 aliphatic heterocycles. The number of carbonyl (C=O) groups is 2. The predicted octanol–water partition coefficient (Wildman–Crippen LogP) is 3.26. The monoisotopic (exact) mass is 378 g/mol. The lowest BCUT2D eigenvalue weighted by atomic mass is 10.0. The van der Waals surface area contributed by atoms with Crippen molar-refractivity contribution in [1.82, 2.24) is 10.5 Å². The SMILES string of the molecule is O=C(O)CC(NC(=O)c1cc(C2CC2)on1)c1ccc(Br)cc1. The van der Waals surface area contributed by atoms with Crippen molar-refractivity contribution < 1.29 is 19.2 Å². The van der Waals surface area contributed by atoms with Crippen LogP contribution in [-0.4, -0.2) is 22.1 Å². The summed E-state index contributed by atoms with van der Waals surface area (Å²) in [7, 11) is 0. The van der Waals surface area contributed by atoms with E-state index >= 15 is 0 Å². The summed E-state index contributed by atoms with van der Waals surface area (Å²) in [6.07, 6.45) is 1.90. The predicted molar refractivity (Wildman–Crippen MR) is 85.1 cm³/mol. The van der Waals surface area contributed by atoms with Gasteiger partial charge >= 0.3 is 5.97 Å². The first-order valence-corrected chi connectivity index (χ1v) is 8.07. The molecule has 1 unspecified atom stereocenters. The Morgan fingerprint density at radius 3 is 2.65 bits per heavy atom. The standard InChI is InChI=1S/C16H15BrN2O4/c17-11-5-3-9(4-6-11)12(8-15(20)21)18-16(22)13-7-14(23-19-13)10-1-2-10/h3-7,10,12H,1-2,8H2,(H,18,22)(H,20,21). The molecule has 1 aliphatic rings. The summed E-state index contributed by atoms with van der Waals surface area (Å²) in [6.45, 7) is 0. The zero-order valence-corrected chi connectivity index (χ0v) is 13.7. The molecule has 120 valence electrons. The molecule has 2 aromatic rings. The number of hydrogen-bond acceptors (Lipinski definition) is 4. The smallest absolute Gasteiger partial charge is 0.305 e. The first kappa shape index (κ1) is 15.7. The maximum absolute atomic E-state index is 12.3. The van der Waals surface area contributed by atoms with Crippen molar-refractivity contribution in [3.8, 4) is 0 Å². The largest absolute Gasteiger partial charge is 0.481 e. The zero-order valence-electron chi connectivity index (χ0n) is 12.2. The molecule has 0 saturated heterocycles. The van der Waals surface area contributed by atoms with Crippen molar-refractivity contribution in [3.05, 3.63) is 51.8 Å².